The fraction of sp³-hybridized carbons (Fsp3) is 0.0833. The van der Waals surface area contributed by atoms with E-state index in [1.165, 1.54) is 6.92 Å². The van der Waals surface area contributed by atoms with Crippen molar-refractivity contribution in [3.8, 4) is 11.8 Å². The zero-order chi connectivity index (χ0) is 27.6. The Morgan fingerprint density at radius 2 is 1.74 bits per heavy atom. The van der Waals surface area contributed by atoms with Gasteiger partial charge in [-0.15, -0.1) is 0 Å². The van der Waals surface area contributed by atoms with E-state index in [0.717, 1.165) is 34.7 Å². The number of nitrogens with one attached hydrogen (secondary N) is 1. The molecule has 0 saturated carbocycles. The summed E-state index contributed by atoms with van der Waals surface area (Å²) in [6, 6.07) is 12.7. The Morgan fingerprint density at radius 1 is 1.08 bits per heavy atom. The zero-order valence-electron chi connectivity index (χ0n) is 19.2. The highest BCUT2D eigenvalue weighted by atomic mass is 32.2. The standard InChI is InChI=1S/C24H15F3N6O4S/c1-12-15(22(34)32-19-5-3-2-4-18(19)30-21(32)17(12)11-28)10-16-20(24(25,26)27)31-33(23(16)35)13-6-8-14(9-7-13)38(29,36)37/h2-10,31H,1H3,(H2,29,36,37)/b15-10-. The number of nitrogens with two attached hydrogens (primary N) is 1. The highest BCUT2D eigenvalue weighted by Gasteiger charge is 2.37. The van der Waals surface area contributed by atoms with Crippen LogP contribution in [0.2, 0.25) is 0 Å². The molecular weight excluding hydrogens is 525 g/mol. The largest absolute Gasteiger partial charge is 0.433 e. The highest BCUT2D eigenvalue weighted by Crippen LogP contribution is 2.30. The number of hydrogen-bond donors (Lipinski definition) is 2. The van der Waals surface area contributed by atoms with Gasteiger partial charge in [0, 0.05) is 5.22 Å². The van der Waals surface area contributed by atoms with Crippen LogP contribution in [-0.2, 0) is 16.2 Å². The second-order valence-corrected chi connectivity index (χ2v) is 9.87. The Labute approximate surface area is 210 Å². The minimum atomic E-state index is -5.03. The van der Waals surface area contributed by atoms with Gasteiger partial charge >= 0.3 is 6.18 Å². The van der Waals surface area contributed by atoms with Gasteiger partial charge in [-0.05, 0) is 55.0 Å². The van der Waals surface area contributed by atoms with Gasteiger partial charge in [-0.3, -0.25) is 19.1 Å². The molecule has 38 heavy (non-hydrogen) atoms. The summed E-state index contributed by atoms with van der Waals surface area (Å²) in [5, 5.41) is 16.5. The Balaban J connectivity index is 1.85. The molecule has 5 aromatic rings. The van der Waals surface area contributed by atoms with E-state index in [-0.39, 0.29) is 32.6 Å². The van der Waals surface area contributed by atoms with Crippen LogP contribution in [0.1, 0.15) is 22.4 Å². The van der Waals surface area contributed by atoms with Crippen LogP contribution >= 0.6 is 0 Å². The van der Waals surface area contributed by atoms with Crippen molar-refractivity contribution in [2.24, 2.45) is 5.14 Å². The zero-order valence-corrected chi connectivity index (χ0v) is 20.1. The first-order valence-electron chi connectivity index (χ1n) is 10.7. The van der Waals surface area contributed by atoms with Crippen molar-refractivity contribution < 1.29 is 21.6 Å². The predicted molar refractivity (Wildman–Crippen MR) is 130 cm³/mol. The van der Waals surface area contributed by atoms with Gasteiger partial charge in [-0.25, -0.2) is 23.2 Å². The van der Waals surface area contributed by atoms with Gasteiger partial charge in [0.2, 0.25) is 10.0 Å². The van der Waals surface area contributed by atoms with Gasteiger partial charge in [0.1, 0.15) is 11.8 Å². The van der Waals surface area contributed by atoms with Crippen molar-refractivity contribution in [2.45, 2.75) is 18.0 Å². The molecule has 3 N–H and O–H groups in total. The number of primary sulfonamides is 1. The van der Waals surface area contributed by atoms with Gasteiger partial charge in [0.25, 0.3) is 11.1 Å². The number of sulfonamides is 1. The maximum Gasteiger partial charge on any atom is 0.433 e. The second-order valence-electron chi connectivity index (χ2n) is 8.31. The van der Waals surface area contributed by atoms with Crippen molar-refractivity contribution >= 4 is 32.8 Å². The molecule has 0 amide bonds. The molecular formula is C24H15F3N6O4S. The van der Waals surface area contributed by atoms with Crippen LogP contribution in [0, 0.1) is 18.3 Å². The summed E-state index contributed by atoms with van der Waals surface area (Å²) in [6.07, 6.45) is -4.23. The summed E-state index contributed by atoms with van der Waals surface area (Å²) in [6.45, 7) is 1.38. The smallest absolute Gasteiger partial charge is 0.286 e. The van der Waals surface area contributed by atoms with Gasteiger partial charge in [0.15, 0.2) is 5.65 Å². The normalized spacial score (nSPS) is 12.9. The average molecular weight is 540 g/mol. The first-order chi connectivity index (χ1) is 17.8. The molecule has 192 valence electrons. The summed E-state index contributed by atoms with van der Waals surface area (Å²) < 4.78 is 66.7. The Kier molecular flexibility index (Phi) is 5.51. The van der Waals surface area contributed by atoms with Crippen molar-refractivity contribution in [3.63, 3.8) is 0 Å². The molecule has 5 rings (SSSR count). The summed E-state index contributed by atoms with van der Waals surface area (Å²) in [4.78, 5) is 30.7. The monoisotopic (exact) mass is 540 g/mol. The molecule has 2 aromatic carbocycles. The lowest BCUT2D eigenvalue weighted by Crippen LogP contribution is -2.35. The van der Waals surface area contributed by atoms with Crippen LogP contribution in [0.5, 0.6) is 0 Å². The molecule has 0 aliphatic heterocycles. The molecule has 0 saturated heterocycles. The summed E-state index contributed by atoms with van der Waals surface area (Å²) in [5.74, 6) is 0. The van der Waals surface area contributed by atoms with Gasteiger partial charge in [-0.2, -0.15) is 18.4 Å². The van der Waals surface area contributed by atoms with E-state index in [1.54, 1.807) is 24.3 Å². The fourth-order valence-corrected chi connectivity index (χ4v) is 4.71. The lowest BCUT2D eigenvalue weighted by atomic mass is 10.1. The second kappa shape index (κ2) is 8.40. The third-order valence-electron chi connectivity index (χ3n) is 6.03. The third-order valence-corrected chi connectivity index (χ3v) is 6.96. The lowest BCUT2D eigenvalue weighted by molar-refractivity contribution is -0.141. The van der Waals surface area contributed by atoms with Crippen molar-refractivity contribution in [1.29, 1.82) is 5.26 Å². The SMILES string of the molecule is Cc1c(C#N)c2nc3ccccc3n2c(=O)/c1=C\c1c(C(F)(F)F)[nH]n(-c2ccc(S(N)(=O)=O)cc2)c1=O. The molecule has 0 atom stereocenters. The van der Waals surface area contributed by atoms with Gasteiger partial charge < -0.3 is 0 Å². The maximum absolute atomic E-state index is 14.0. The van der Waals surface area contributed by atoms with E-state index in [1.807, 2.05) is 11.2 Å². The fourth-order valence-electron chi connectivity index (χ4n) is 4.20. The Bertz CT molecular complexity index is 2100. The number of nitrogens with zero attached hydrogens (tertiary/aromatic N) is 4. The number of aromatic amines is 1. The minimum absolute atomic E-state index is 0.0324. The van der Waals surface area contributed by atoms with Crippen molar-refractivity contribution in [3.05, 3.63) is 96.8 Å². The summed E-state index contributed by atoms with van der Waals surface area (Å²) in [5.41, 5.74) is -3.53. The molecule has 3 heterocycles. The number of halogens is 3. The van der Waals surface area contributed by atoms with Gasteiger partial charge in [0.05, 0.1) is 32.7 Å². The van der Waals surface area contributed by atoms with E-state index >= 15 is 0 Å². The van der Waals surface area contributed by atoms with E-state index in [9.17, 15) is 36.4 Å². The number of nitriles is 1. The molecule has 0 bridgehead atoms. The molecule has 0 fully saturated rings. The van der Waals surface area contributed by atoms with E-state index in [2.05, 4.69) is 4.98 Å². The van der Waals surface area contributed by atoms with Gasteiger partial charge in [-0.1, -0.05) is 12.1 Å². The summed E-state index contributed by atoms with van der Waals surface area (Å²) >= 11 is 0. The number of aromatic nitrogens is 4. The quantitative estimate of drug-likeness (QED) is 0.355. The number of alkyl halides is 3. The van der Waals surface area contributed by atoms with Crippen LogP contribution < -0.4 is 21.5 Å². The predicted octanol–water partition coefficient (Wildman–Crippen LogP) is 1.72. The molecule has 0 spiro atoms. The molecule has 10 nitrogen and oxygen atoms in total. The molecule has 0 aliphatic rings. The molecule has 0 aliphatic carbocycles. The highest BCUT2D eigenvalue weighted by molar-refractivity contribution is 7.89. The number of H-pyrrole nitrogens is 1. The first-order valence-corrected chi connectivity index (χ1v) is 12.3. The van der Waals surface area contributed by atoms with E-state index < -0.39 is 38.6 Å². The first kappa shape index (κ1) is 24.9. The minimum Gasteiger partial charge on any atom is -0.286 e. The molecule has 14 heteroatoms. The number of para-hydroxylation sites is 2. The number of rotatable bonds is 3. The van der Waals surface area contributed by atoms with Crippen LogP contribution in [0.15, 0.2) is 63.0 Å². The molecule has 0 unspecified atom stereocenters. The van der Waals surface area contributed by atoms with Crippen molar-refractivity contribution in [2.75, 3.05) is 0 Å². The number of benzene rings is 2. The topological polar surface area (TPSA) is 156 Å². The number of fused-ring (bicyclic) bond motifs is 3. The lowest BCUT2D eigenvalue weighted by Gasteiger charge is -2.06. The average Bonchev–Trinajstić information content (AvgIpc) is 3.39. The van der Waals surface area contributed by atoms with E-state index in [0.29, 0.717) is 15.7 Å². The van der Waals surface area contributed by atoms with E-state index in [4.69, 9.17) is 5.14 Å². The van der Waals surface area contributed by atoms with Crippen LogP contribution in [0.4, 0.5) is 13.2 Å². The van der Waals surface area contributed by atoms with Crippen LogP contribution in [0.3, 0.4) is 0 Å². The molecule has 3 aromatic heterocycles. The Morgan fingerprint density at radius 3 is 2.34 bits per heavy atom. The number of imidazole rings is 1. The number of hydrogen-bond acceptors (Lipinski definition) is 6. The molecule has 0 radical (unpaired) electrons. The van der Waals surface area contributed by atoms with Crippen LogP contribution in [-0.4, -0.2) is 27.6 Å². The van der Waals surface area contributed by atoms with Crippen molar-refractivity contribution in [1.82, 2.24) is 19.2 Å². The third kappa shape index (κ3) is 3.85. The summed E-state index contributed by atoms with van der Waals surface area (Å²) in [7, 11) is -4.08. The van der Waals surface area contributed by atoms with Crippen LogP contribution in [0.25, 0.3) is 28.4 Å². The maximum atomic E-state index is 14.0. The number of pyridine rings is 1. The Hall–Kier alpha value is -4.74.